The van der Waals surface area contributed by atoms with Crippen molar-refractivity contribution >= 4 is 38.5 Å². The number of halogens is 3. The van der Waals surface area contributed by atoms with Gasteiger partial charge >= 0.3 is 0 Å². The Bertz CT molecular complexity index is 388. The minimum atomic E-state index is -0.959. The average molecular weight is 282 g/mol. The molecule has 0 amide bonds. The summed E-state index contributed by atoms with van der Waals surface area (Å²) in [5.74, 6) is -0.885. The Labute approximate surface area is 90.9 Å². The molecule has 0 saturated heterocycles. The van der Waals surface area contributed by atoms with E-state index >= 15 is 0 Å². The summed E-state index contributed by atoms with van der Waals surface area (Å²) in [6.07, 6.45) is 0. The number of nitro groups is 1. The van der Waals surface area contributed by atoms with Gasteiger partial charge in [-0.1, -0.05) is 0 Å². The highest BCUT2D eigenvalue weighted by Gasteiger charge is 2.20. The van der Waals surface area contributed by atoms with E-state index in [-0.39, 0.29) is 10.0 Å². The predicted octanol–water partition coefficient (Wildman–Crippen LogP) is 2.88. The summed E-state index contributed by atoms with van der Waals surface area (Å²) >= 11 is 7.90. The fourth-order valence-corrected chi connectivity index (χ4v) is 1.67. The molecule has 0 aliphatic heterocycles. The molecule has 0 fully saturated rings. The summed E-state index contributed by atoms with van der Waals surface area (Å²) in [4.78, 5) is 20.3. The molecule has 74 valence electrons. The van der Waals surface area contributed by atoms with Crippen LogP contribution in [0.3, 0.4) is 0 Å². The molecule has 0 unspecified atom stereocenters. The van der Waals surface area contributed by atoms with Crippen molar-refractivity contribution in [2.75, 3.05) is 0 Å². The second-order valence-electron chi connectivity index (χ2n) is 2.32. The Hall–Kier alpha value is -1.01. The fraction of sp³-hybridized carbons (Fsp3) is 0. The quantitative estimate of drug-likeness (QED) is 0.476. The Morgan fingerprint density at radius 3 is 2.57 bits per heavy atom. The van der Waals surface area contributed by atoms with E-state index in [1.54, 1.807) is 0 Å². The van der Waals surface area contributed by atoms with Crippen molar-refractivity contribution in [1.82, 2.24) is 0 Å². The molecule has 0 aromatic heterocycles. The van der Waals surface area contributed by atoms with Crippen LogP contribution in [0.15, 0.2) is 16.6 Å². The topological polar surface area (TPSA) is 60.2 Å². The number of nitrogens with zero attached hydrogens (tertiary/aromatic N) is 1. The standard InChI is InChI=1S/C7H2BrClFNO3/c8-6-4(7(9)12)1-3(10)2-5(6)11(13)14/h1-2H. The van der Waals surface area contributed by atoms with Gasteiger partial charge in [-0.05, 0) is 33.6 Å². The number of hydrogen-bond donors (Lipinski definition) is 0. The van der Waals surface area contributed by atoms with Gasteiger partial charge in [0.15, 0.2) is 0 Å². The first-order valence-electron chi connectivity index (χ1n) is 3.26. The molecule has 0 spiro atoms. The van der Waals surface area contributed by atoms with Gasteiger partial charge in [0, 0.05) is 0 Å². The van der Waals surface area contributed by atoms with E-state index in [4.69, 9.17) is 11.6 Å². The first-order chi connectivity index (χ1) is 6.43. The number of benzene rings is 1. The molecule has 7 heteroatoms. The molecular weight excluding hydrogens is 280 g/mol. The lowest BCUT2D eigenvalue weighted by atomic mass is 10.2. The SMILES string of the molecule is O=C(Cl)c1cc(F)cc([N+](=O)[O-])c1Br. The smallest absolute Gasteiger partial charge is 0.276 e. The van der Waals surface area contributed by atoms with Gasteiger partial charge in [0.05, 0.1) is 16.6 Å². The van der Waals surface area contributed by atoms with Crippen LogP contribution in [0.4, 0.5) is 10.1 Å². The molecule has 1 rings (SSSR count). The van der Waals surface area contributed by atoms with Crippen LogP contribution in [0, 0.1) is 15.9 Å². The van der Waals surface area contributed by atoms with E-state index in [0.29, 0.717) is 6.07 Å². The largest absolute Gasteiger partial charge is 0.287 e. The van der Waals surface area contributed by atoms with E-state index in [2.05, 4.69) is 15.9 Å². The number of nitro benzene ring substituents is 1. The summed E-state index contributed by atoms with van der Waals surface area (Å²) in [6, 6.07) is 1.53. The molecule has 14 heavy (non-hydrogen) atoms. The highest BCUT2D eigenvalue weighted by molar-refractivity contribution is 9.10. The predicted molar refractivity (Wildman–Crippen MR) is 50.9 cm³/mol. The van der Waals surface area contributed by atoms with E-state index in [1.807, 2.05) is 0 Å². The van der Waals surface area contributed by atoms with Gasteiger partial charge in [0.2, 0.25) is 0 Å². The van der Waals surface area contributed by atoms with Gasteiger partial charge in [-0.3, -0.25) is 14.9 Å². The number of carbonyl (C=O) groups is 1. The Morgan fingerprint density at radius 2 is 2.14 bits per heavy atom. The third-order valence-electron chi connectivity index (χ3n) is 1.43. The van der Waals surface area contributed by atoms with Crippen molar-refractivity contribution in [2.45, 2.75) is 0 Å². The lowest BCUT2D eigenvalue weighted by molar-refractivity contribution is -0.385. The summed E-state index contributed by atoms with van der Waals surface area (Å²) in [6.45, 7) is 0. The molecule has 1 aromatic rings. The first kappa shape index (κ1) is 11.1. The molecule has 0 bridgehead atoms. The minimum Gasteiger partial charge on any atom is -0.276 e. The molecule has 0 aliphatic rings. The zero-order valence-electron chi connectivity index (χ0n) is 6.46. The van der Waals surface area contributed by atoms with Crippen LogP contribution in [0.2, 0.25) is 0 Å². The Balaban J connectivity index is 3.47. The molecule has 4 nitrogen and oxygen atoms in total. The van der Waals surface area contributed by atoms with Gasteiger partial charge in [0.1, 0.15) is 10.3 Å². The van der Waals surface area contributed by atoms with E-state index in [1.165, 1.54) is 0 Å². The number of hydrogen-bond acceptors (Lipinski definition) is 3. The van der Waals surface area contributed by atoms with Crippen LogP contribution in [0.5, 0.6) is 0 Å². The Kier molecular flexibility index (Phi) is 3.17. The van der Waals surface area contributed by atoms with E-state index < -0.39 is 21.7 Å². The highest BCUT2D eigenvalue weighted by atomic mass is 79.9. The van der Waals surface area contributed by atoms with Gasteiger partial charge in [0.25, 0.3) is 10.9 Å². The highest BCUT2D eigenvalue weighted by Crippen LogP contribution is 2.30. The minimum absolute atomic E-state index is 0.121. The molecule has 1 aromatic carbocycles. The third kappa shape index (κ3) is 2.08. The van der Waals surface area contributed by atoms with Gasteiger partial charge in [-0.25, -0.2) is 4.39 Å². The van der Waals surface area contributed by atoms with E-state index in [0.717, 1.165) is 6.07 Å². The van der Waals surface area contributed by atoms with Crippen LogP contribution in [-0.4, -0.2) is 10.2 Å². The van der Waals surface area contributed by atoms with E-state index in [9.17, 15) is 19.3 Å². The fourth-order valence-electron chi connectivity index (χ4n) is 0.851. The van der Waals surface area contributed by atoms with Gasteiger partial charge < -0.3 is 0 Å². The lowest BCUT2D eigenvalue weighted by Crippen LogP contribution is -1.98. The zero-order valence-corrected chi connectivity index (χ0v) is 8.80. The van der Waals surface area contributed by atoms with Gasteiger partial charge in [-0.2, -0.15) is 0 Å². The summed E-state index contributed by atoms with van der Waals surface area (Å²) in [5, 5.41) is 9.44. The summed E-state index contributed by atoms with van der Waals surface area (Å²) in [7, 11) is 0. The molecule has 0 saturated carbocycles. The third-order valence-corrected chi connectivity index (χ3v) is 2.46. The monoisotopic (exact) mass is 281 g/mol. The lowest BCUT2D eigenvalue weighted by Gasteiger charge is -2.00. The van der Waals surface area contributed by atoms with Gasteiger partial charge in [-0.15, -0.1) is 0 Å². The van der Waals surface area contributed by atoms with Crippen LogP contribution >= 0.6 is 27.5 Å². The zero-order chi connectivity index (χ0) is 10.9. The maximum Gasteiger partial charge on any atom is 0.287 e. The Morgan fingerprint density at radius 1 is 1.57 bits per heavy atom. The van der Waals surface area contributed by atoms with Crippen LogP contribution in [0.1, 0.15) is 10.4 Å². The number of rotatable bonds is 2. The summed E-state index contributed by atoms with van der Waals surface area (Å²) in [5.41, 5.74) is -0.799. The maximum absolute atomic E-state index is 12.8. The molecule has 0 atom stereocenters. The molecule has 0 heterocycles. The van der Waals surface area contributed by atoms with Crippen LogP contribution in [0.25, 0.3) is 0 Å². The maximum atomic E-state index is 12.8. The summed E-state index contributed by atoms with van der Waals surface area (Å²) < 4.78 is 12.7. The average Bonchev–Trinajstić information content (AvgIpc) is 2.07. The van der Waals surface area contributed by atoms with Crippen molar-refractivity contribution in [2.24, 2.45) is 0 Å². The number of carbonyl (C=O) groups excluding carboxylic acids is 1. The second kappa shape index (κ2) is 4.02. The van der Waals surface area contributed by atoms with Crippen molar-refractivity contribution < 1.29 is 14.1 Å². The van der Waals surface area contributed by atoms with Crippen molar-refractivity contribution in [3.63, 3.8) is 0 Å². The second-order valence-corrected chi connectivity index (χ2v) is 3.45. The molecule has 0 aliphatic carbocycles. The van der Waals surface area contributed by atoms with Crippen molar-refractivity contribution in [3.8, 4) is 0 Å². The molecule has 0 N–H and O–H groups in total. The molecule has 0 radical (unpaired) electrons. The molecular formula is C7H2BrClFNO3. The van der Waals surface area contributed by atoms with Crippen LogP contribution in [-0.2, 0) is 0 Å². The first-order valence-corrected chi connectivity index (χ1v) is 4.44. The van der Waals surface area contributed by atoms with Crippen molar-refractivity contribution in [3.05, 3.63) is 38.1 Å². The van der Waals surface area contributed by atoms with Crippen LogP contribution < -0.4 is 0 Å². The normalized spacial score (nSPS) is 9.93. The van der Waals surface area contributed by atoms with Crippen molar-refractivity contribution in [1.29, 1.82) is 0 Å².